The first-order chi connectivity index (χ1) is 13.4. The maximum absolute atomic E-state index is 12.1. The minimum Gasteiger partial charge on any atom is -0.459 e. The molecule has 0 saturated heterocycles. The van der Waals surface area contributed by atoms with Gasteiger partial charge in [0.1, 0.15) is 37.6 Å². The summed E-state index contributed by atoms with van der Waals surface area (Å²) < 4.78 is 9.89. The van der Waals surface area contributed by atoms with Crippen LogP contribution >= 0.6 is 0 Å². The molecule has 28 heavy (non-hydrogen) atoms. The molecule has 5 rings (SSSR count). The van der Waals surface area contributed by atoms with Gasteiger partial charge < -0.3 is 29.9 Å². The van der Waals surface area contributed by atoms with E-state index in [2.05, 4.69) is 0 Å². The minimum atomic E-state index is -1.82. The van der Waals surface area contributed by atoms with E-state index in [1.807, 2.05) is 0 Å². The van der Waals surface area contributed by atoms with Gasteiger partial charge in [-0.3, -0.25) is 0 Å². The van der Waals surface area contributed by atoms with Crippen LogP contribution in [-0.4, -0.2) is 70.0 Å². The number of carbonyl (C=O) groups excluding carboxylic acids is 2. The summed E-state index contributed by atoms with van der Waals surface area (Å²) in [5, 5.41) is 39.7. The van der Waals surface area contributed by atoms with Crippen LogP contribution < -0.4 is 0 Å². The topological polar surface area (TPSA) is 134 Å². The van der Waals surface area contributed by atoms with E-state index in [9.17, 15) is 30.0 Å². The molecule has 4 bridgehead atoms. The summed E-state index contributed by atoms with van der Waals surface area (Å²) in [5.41, 5.74) is 2.11. The molecule has 8 nitrogen and oxygen atoms in total. The van der Waals surface area contributed by atoms with Crippen LogP contribution in [0.1, 0.15) is 20.7 Å². The van der Waals surface area contributed by atoms with E-state index in [1.54, 1.807) is 48.5 Å². The molecule has 3 aliphatic rings. The van der Waals surface area contributed by atoms with Crippen molar-refractivity contribution in [2.24, 2.45) is 0 Å². The Hall–Kier alpha value is -2.78. The Morgan fingerprint density at radius 1 is 0.571 bits per heavy atom. The number of benzene rings is 2. The van der Waals surface area contributed by atoms with E-state index in [-0.39, 0.29) is 11.1 Å². The van der Waals surface area contributed by atoms with Gasteiger partial charge in [-0.05, 0) is 35.4 Å². The predicted octanol–water partition coefficient (Wildman–Crippen LogP) is 0.124. The highest BCUT2D eigenvalue weighted by Crippen LogP contribution is 2.21. The molecule has 8 heteroatoms. The van der Waals surface area contributed by atoms with Gasteiger partial charge in [-0.1, -0.05) is 24.3 Å². The van der Waals surface area contributed by atoms with E-state index >= 15 is 0 Å². The van der Waals surface area contributed by atoms with Crippen molar-refractivity contribution in [2.75, 3.05) is 13.2 Å². The molecule has 148 valence electrons. The summed E-state index contributed by atoms with van der Waals surface area (Å²) in [6.07, 6.45) is -6.92. The summed E-state index contributed by atoms with van der Waals surface area (Å²) in [4.78, 5) is 24.2. The molecular formula is C20H20O8. The largest absolute Gasteiger partial charge is 0.459 e. The zero-order valence-electron chi connectivity index (χ0n) is 14.8. The quantitative estimate of drug-likeness (QED) is 0.468. The number of hydrogen-bond acceptors (Lipinski definition) is 8. The van der Waals surface area contributed by atoms with Crippen molar-refractivity contribution in [1.29, 1.82) is 0 Å². The van der Waals surface area contributed by atoms with Crippen molar-refractivity contribution >= 4 is 11.9 Å². The molecule has 2 aromatic carbocycles. The van der Waals surface area contributed by atoms with Gasteiger partial charge in [0, 0.05) is 0 Å². The standard InChI is InChI=1S/C20H20O8/c21-15-9-27-19(25)13-5-1-11(2-6-13)12-3-7-14(8-4-12)20(26)28-10-16(22)18(24)17(15)23/h1-8,15-18,21-24H,9-10H2/t15-,16-,17-,18-/m1/s1. The maximum Gasteiger partial charge on any atom is 0.338 e. The fraction of sp³-hybridized carbons (Fsp3) is 0.300. The van der Waals surface area contributed by atoms with E-state index in [0.717, 1.165) is 11.1 Å². The SMILES string of the molecule is O=C1OC[C@@H](O)[C@@H](O)[C@H](O)[C@H](O)COC(=O)c2ccc(cc2)-c2ccc1cc2. The Kier molecular flexibility index (Phi) is 6.05. The zero-order chi connectivity index (χ0) is 20.3. The average Bonchev–Trinajstić information content (AvgIpc) is 2.73. The number of carbonyl (C=O) groups is 2. The first kappa shape index (κ1) is 20.0. The average molecular weight is 388 g/mol. The van der Waals surface area contributed by atoms with Gasteiger partial charge in [0.15, 0.2) is 0 Å². The summed E-state index contributed by atoms with van der Waals surface area (Å²) in [7, 11) is 0. The lowest BCUT2D eigenvalue weighted by atomic mass is 10.0. The van der Waals surface area contributed by atoms with Crippen molar-refractivity contribution in [2.45, 2.75) is 24.4 Å². The first-order valence-electron chi connectivity index (χ1n) is 8.64. The molecule has 0 spiro atoms. The summed E-state index contributed by atoms with van der Waals surface area (Å²) in [5.74, 6) is -1.42. The highest BCUT2D eigenvalue weighted by molar-refractivity contribution is 5.91. The Bertz CT molecular complexity index is 759. The number of hydrogen-bond donors (Lipinski definition) is 4. The molecule has 0 aromatic heterocycles. The van der Waals surface area contributed by atoms with E-state index < -0.39 is 49.6 Å². The Labute approximate surface area is 160 Å². The fourth-order valence-electron chi connectivity index (χ4n) is 2.74. The van der Waals surface area contributed by atoms with Gasteiger partial charge in [0.05, 0.1) is 11.1 Å². The fourth-order valence-corrected chi connectivity index (χ4v) is 2.74. The van der Waals surface area contributed by atoms with Crippen LogP contribution in [0.3, 0.4) is 0 Å². The summed E-state index contributed by atoms with van der Waals surface area (Å²) in [6.45, 7) is -1.18. The molecule has 0 amide bonds. The van der Waals surface area contributed by atoms with Gasteiger partial charge >= 0.3 is 11.9 Å². The van der Waals surface area contributed by atoms with E-state index in [1.165, 1.54) is 0 Å². The highest BCUT2D eigenvalue weighted by Gasteiger charge is 2.32. The highest BCUT2D eigenvalue weighted by atomic mass is 16.5. The second-order valence-electron chi connectivity index (χ2n) is 6.47. The molecule has 0 fully saturated rings. The van der Waals surface area contributed by atoms with Gasteiger partial charge in [0.25, 0.3) is 0 Å². The molecule has 0 radical (unpaired) electrons. The normalized spacial score (nSPS) is 26.3. The number of aliphatic hydroxyl groups is 4. The number of rotatable bonds is 0. The monoisotopic (exact) mass is 388 g/mol. The van der Waals surface area contributed by atoms with Crippen LogP contribution in [0.2, 0.25) is 0 Å². The number of fused-ring (bicyclic) bond motifs is 2. The molecule has 0 aliphatic carbocycles. The Morgan fingerprint density at radius 3 is 1.18 bits per heavy atom. The van der Waals surface area contributed by atoms with E-state index in [4.69, 9.17) is 9.47 Å². The van der Waals surface area contributed by atoms with Crippen LogP contribution in [0, 0.1) is 0 Å². The van der Waals surface area contributed by atoms with Crippen molar-refractivity contribution < 1.29 is 39.5 Å². The molecule has 4 N–H and O–H groups in total. The van der Waals surface area contributed by atoms with Crippen LogP contribution in [-0.2, 0) is 9.47 Å². The molecule has 0 unspecified atom stereocenters. The smallest absolute Gasteiger partial charge is 0.338 e. The van der Waals surface area contributed by atoms with Crippen molar-refractivity contribution in [1.82, 2.24) is 0 Å². The molecule has 4 atom stereocenters. The predicted molar refractivity (Wildman–Crippen MR) is 96.5 cm³/mol. The summed E-state index contributed by atoms with van der Waals surface area (Å²) >= 11 is 0. The molecule has 0 saturated carbocycles. The van der Waals surface area contributed by atoms with E-state index in [0.29, 0.717) is 0 Å². The number of esters is 2. The number of ether oxygens (including phenoxy) is 2. The first-order valence-corrected chi connectivity index (χ1v) is 8.64. The lowest BCUT2D eigenvalue weighted by Crippen LogP contribution is -2.48. The maximum atomic E-state index is 12.1. The van der Waals surface area contributed by atoms with Crippen molar-refractivity contribution in [3.8, 4) is 11.1 Å². The minimum absolute atomic E-state index is 0.243. The lowest BCUT2D eigenvalue weighted by molar-refractivity contribution is -0.125. The molecule has 3 heterocycles. The Balaban J connectivity index is 1.90. The lowest BCUT2D eigenvalue weighted by Gasteiger charge is -2.26. The second-order valence-corrected chi connectivity index (χ2v) is 6.47. The van der Waals surface area contributed by atoms with Gasteiger partial charge in [0.2, 0.25) is 0 Å². The molecule has 3 aliphatic heterocycles. The van der Waals surface area contributed by atoms with Crippen molar-refractivity contribution in [3.05, 3.63) is 59.7 Å². The van der Waals surface area contributed by atoms with Crippen LogP contribution in [0.25, 0.3) is 11.1 Å². The van der Waals surface area contributed by atoms with Gasteiger partial charge in [-0.15, -0.1) is 0 Å². The third-order valence-corrected chi connectivity index (χ3v) is 4.48. The van der Waals surface area contributed by atoms with Crippen molar-refractivity contribution in [3.63, 3.8) is 0 Å². The molecule has 2 aromatic rings. The zero-order valence-corrected chi connectivity index (χ0v) is 14.8. The van der Waals surface area contributed by atoms with Crippen LogP contribution in [0.15, 0.2) is 48.5 Å². The number of aliphatic hydroxyl groups excluding tert-OH is 4. The third kappa shape index (κ3) is 4.37. The Morgan fingerprint density at radius 2 is 0.857 bits per heavy atom. The second kappa shape index (κ2) is 8.49. The third-order valence-electron chi connectivity index (χ3n) is 4.48. The molecular weight excluding hydrogens is 368 g/mol. The van der Waals surface area contributed by atoms with Gasteiger partial charge in [-0.25, -0.2) is 9.59 Å². The van der Waals surface area contributed by atoms with Crippen LogP contribution in [0.4, 0.5) is 0 Å². The van der Waals surface area contributed by atoms with Crippen LogP contribution in [0.5, 0.6) is 0 Å². The summed E-state index contributed by atoms with van der Waals surface area (Å²) in [6, 6.07) is 13.0. The van der Waals surface area contributed by atoms with Gasteiger partial charge in [-0.2, -0.15) is 0 Å².